The number of nitrogens with zero attached hydrogens (tertiary/aromatic N) is 2. The zero-order valence-corrected chi connectivity index (χ0v) is 12.0. The van der Waals surface area contributed by atoms with Gasteiger partial charge in [0.15, 0.2) is 0 Å². The fraction of sp³-hybridized carbons (Fsp3) is 0.312. The first-order valence-electron chi connectivity index (χ1n) is 7.14. The Labute approximate surface area is 123 Å². The molecule has 0 bridgehead atoms. The van der Waals surface area contributed by atoms with Crippen molar-refractivity contribution in [3.63, 3.8) is 0 Å². The van der Waals surface area contributed by atoms with Crippen LogP contribution in [0.25, 0.3) is 0 Å². The van der Waals surface area contributed by atoms with E-state index in [1.54, 1.807) is 12.4 Å². The second-order valence-corrected chi connectivity index (χ2v) is 5.25. The molecule has 1 amide bonds. The molecule has 2 heterocycles. The highest BCUT2D eigenvalue weighted by molar-refractivity contribution is 5.93. The Hall–Kier alpha value is -2.27. The molecule has 5 heteroatoms. The van der Waals surface area contributed by atoms with Crippen molar-refractivity contribution in [1.82, 2.24) is 15.3 Å². The van der Waals surface area contributed by atoms with Crippen molar-refractivity contribution in [2.45, 2.75) is 32.4 Å². The lowest BCUT2D eigenvalue weighted by Gasteiger charge is -2.18. The quantitative estimate of drug-likeness (QED) is 0.902. The van der Waals surface area contributed by atoms with Gasteiger partial charge < -0.3 is 10.6 Å². The summed E-state index contributed by atoms with van der Waals surface area (Å²) in [4.78, 5) is 19.8. The van der Waals surface area contributed by atoms with Crippen LogP contribution in [0.4, 0.5) is 5.69 Å². The predicted octanol–water partition coefficient (Wildman–Crippen LogP) is 2.21. The third-order valence-electron chi connectivity index (χ3n) is 3.65. The molecule has 1 aliphatic rings. The summed E-state index contributed by atoms with van der Waals surface area (Å²) in [6, 6.07) is 8.08. The van der Waals surface area contributed by atoms with Gasteiger partial charge in [0.05, 0.1) is 6.04 Å². The number of anilines is 1. The maximum Gasteiger partial charge on any atom is 0.224 e. The molecule has 1 unspecified atom stereocenters. The van der Waals surface area contributed by atoms with Crippen LogP contribution in [0.5, 0.6) is 0 Å². The van der Waals surface area contributed by atoms with Crippen molar-refractivity contribution >= 4 is 11.6 Å². The molecule has 0 aliphatic carbocycles. The topological polar surface area (TPSA) is 66.9 Å². The largest absolute Gasteiger partial charge is 0.326 e. The minimum atomic E-state index is 0.0990. The van der Waals surface area contributed by atoms with Gasteiger partial charge >= 0.3 is 0 Å². The molecule has 1 aromatic carbocycles. The monoisotopic (exact) mass is 282 g/mol. The molecule has 0 spiro atoms. The van der Waals surface area contributed by atoms with Crippen LogP contribution in [0.3, 0.4) is 0 Å². The van der Waals surface area contributed by atoms with Crippen LogP contribution in [0.2, 0.25) is 0 Å². The Morgan fingerprint density at radius 2 is 2.10 bits per heavy atom. The first-order chi connectivity index (χ1) is 10.2. The van der Waals surface area contributed by atoms with Crippen molar-refractivity contribution < 1.29 is 4.79 Å². The molecule has 21 heavy (non-hydrogen) atoms. The summed E-state index contributed by atoms with van der Waals surface area (Å²) < 4.78 is 0. The average Bonchev–Trinajstić information content (AvgIpc) is 2.53. The number of carbonyl (C=O) groups excluding carboxylic acids is 1. The molecule has 5 nitrogen and oxygen atoms in total. The van der Waals surface area contributed by atoms with E-state index in [-0.39, 0.29) is 11.9 Å². The van der Waals surface area contributed by atoms with Gasteiger partial charge in [-0.2, -0.15) is 0 Å². The van der Waals surface area contributed by atoms with E-state index >= 15 is 0 Å². The minimum absolute atomic E-state index is 0.0990. The van der Waals surface area contributed by atoms with Gasteiger partial charge in [-0.3, -0.25) is 4.79 Å². The number of aromatic nitrogens is 2. The van der Waals surface area contributed by atoms with Gasteiger partial charge in [0.1, 0.15) is 5.82 Å². The molecule has 1 atom stereocenters. The molecule has 2 N–H and O–H groups in total. The number of benzene rings is 1. The van der Waals surface area contributed by atoms with Gasteiger partial charge in [0.2, 0.25) is 5.91 Å². The second kappa shape index (κ2) is 6.01. The molecule has 0 saturated carbocycles. The van der Waals surface area contributed by atoms with Crippen LogP contribution < -0.4 is 10.6 Å². The van der Waals surface area contributed by atoms with E-state index in [4.69, 9.17) is 0 Å². The van der Waals surface area contributed by atoms with E-state index in [0.29, 0.717) is 6.42 Å². The van der Waals surface area contributed by atoms with Crippen LogP contribution >= 0.6 is 0 Å². The zero-order chi connectivity index (χ0) is 14.7. The van der Waals surface area contributed by atoms with Gasteiger partial charge in [-0.25, -0.2) is 9.97 Å². The first kappa shape index (κ1) is 13.7. The molecule has 3 rings (SSSR count). The average molecular weight is 282 g/mol. The fourth-order valence-electron chi connectivity index (χ4n) is 2.44. The highest BCUT2D eigenvalue weighted by Gasteiger charge is 2.15. The fourth-order valence-corrected chi connectivity index (χ4v) is 2.44. The normalized spacial score (nSPS) is 15.2. The van der Waals surface area contributed by atoms with Crippen LogP contribution in [0, 0.1) is 0 Å². The summed E-state index contributed by atoms with van der Waals surface area (Å²) in [5, 5.41) is 6.32. The summed E-state index contributed by atoms with van der Waals surface area (Å²) >= 11 is 0. The molecule has 1 aliphatic heterocycles. The lowest BCUT2D eigenvalue weighted by Crippen LogP contribution is -2.21. The van der Waals surface area contributed by atoms with Crippen molar-refractivity contribution in [2.75, 3.05) is 5.32 Å². The highest BCUT2D eigenvalue weighted by atomic mass is 16.1. The number of aryl methyl sites for hydroxylation is 1. The molecule has 1 aromatic heterocycles. The van der Waals surface area contributed by atoms with Gasteiger partial charge in [0.25, 0.3) is 0 Å². The summed E-state index contributed by atoms with van der Waals surface area (Å²) in [7, 11) is 0. The minimum Gasteiger partial charge on any atom is -0.326 e. The van der Waals surface area contributed by atoms with E-state index in [1.807, 2.05) is 25.1 Å². The molecule has 0 fully saturated rings. The van der Waals surface area contributed by atoms with Gasteiger partial charge in [-0.05, 0) is 36.6 Å². The lowest BCUT2D eigenvalue weighted by molar-refractivity contribution is -0.116. The van der Waals surface area contributed by atoms with E-state index in [9.17, 15) is 4.79 Å². The van der Waals surface area contributed by atoms with Gasteiger partial charge in [-0.1, -0.05) is 12.1 Å². The molecular weight excluding hydrogens is 264 g/mol. The Morgan fingerprint density at radius 3 is 2.90 bits per heavy atom. The predicted molar refractivity (Wildman–Crippen MR) is 80.7 cm³/mol. The summed E-state index contributed by atoms with van der Waals surface area (Å²) in [6.45, 7) is 2.80. The number of hydrogen-bond donors (Lipinski definition) is 2. The van der Waals surface area contributed by atoms with E-state index in [1.165, 1.54) is 11.1 Å². The number of carbonyl (C=O) groups is 1. The van der Waals surface area contributed by atoms with Crippen molar-refractivity contribution in [2.24, 2.45) is 0 Å². The van der Waals surface area contributed by atoms with E-state index < -0.39 is 0 Å². The number of hydrogen-bond acceptors (Lipinski definition) is 4. The number of nitrogens with one attached hydrogen (secondary N) is 2. The maximum absolute atomic E-state index is 11.3. The lowest BCUT2D eigenvalue weighted by atomic mass is 10.0. The number of amides is 1. The second-order valence-electron chi connectivity index (χ2n) is 5.25. The van der Waals surface area contributed by atoms with Crippen LogP contribution in [0.15, 0.2) is 36.7 Å². The third kappa shape index (κ3) is 3.25. The van der Waals surface area contributed by atoms with Crippen LogP contribution in [-0.4, -0.2) is 15.9 Å². The van der Waals surface area contributed by atoms with Crippen molar-refractivity contribution in [3.8, 4) is 0 Å². The maximum atomic E-state index is 11.3. The molecule has 0 saturated heterocycles. The smallest absolute Gasteiger partial charge is 0.224 e. The van der Waals surface area contributed by atoms with E-state index in [0.717, 1.165) is 24.5 Å². The Bertz CT molecular complexity index is 642. The molecule has 0 radical (unpaired) electrons. The van der Waals surface area contributed by atoms with Crippen LogP contribution in [0.1, 0.15) is 36.3 Å². The molecule has 108 valence electrons. The Kier molecular flexibility index (Phi) is 3.92. The Morgan fingerprint density at radius 1 is 1.29 bits per heavy atom. The number of fused-ring (bicyclic) bond motifs is 1. The van der Waals surface area contributed by atoms with Crippen molar-refractivity contribution in [3.05, 3.63) is 53.6 Å². The van der Waals surface area contributed by atoms with Gasteiger partial charge in [-0.15, -0.1) is 0 Å². The number of rotatable bonds is 4. The van der Waals surface area contributed by atoms with Crippen LogP contribution in [-0.2, 0) is 17.8 Å². The summed E-state index contributed by atoms with van der Waals surface area (Å²) in [5.41, 5.74) is 3.35. The third-order valence-corrected chi connectivity index (χ3v) is 3.65. The Balaban J connectivity index is 1.65. The SMILES string of the molecule is CC(NCc1ccc2c(c1)CCC(=O)N2)c1ncccn1. The standard InChI is InChI=1S/C16H18N4O/c1-11(16-17-7-2-8-18-16)19-10-12-3-5-14-13(9-12)4-6-15(21)20-14/h2-3,5,7-9,11,19H,4,6,10H2,1H3,(H,20,21). The first-order valence-corrected chi connectivity index (χ1v) is 7.14. The van der Waals surface area contributed by atoms with Crippen molar-refractivity contribution in [1.29, 1.82) is 0 Å². The summed E-state index contributed by atoms with van der Waals surface area (Å²) in [6.07, 6.45) is 4.88. The van der Waals surface area contributed by atoms with Gasteiger partial charge in [0, 0.05) is 31.0 Å². The van der Waals surface area contributed by atoms with E-state index in [2.05, 4.69) is 26.7 Å². The zero-order valence-electron chi connectivity index (χ0n) is 12.0. The molecule has 2 aromatic rings. The summed E-state index contributed by atoms with van der Waals surface area (Å²) in [5.74, 6) is 0.894. The molecular formula is C16H18N4O. The highest BCUT2D eigenvalue weighted by Crippen LogP contribution is 2.23.